The minimum Gasteiger partial charge on any atom is -0.379 e. The van der Waals surface area contributed by atoms with Crippen LogP contribution in [0.3, 0.4) is 0 Å². The Labute approximate surface area is 172 Å². The van der Waals surface area contributed by atoms with E-state index in [1.54, 1.807) is 4.90 Å². The fraction of sp³-hybridized carbons (Fsp3) is 0.632. The molecule has 3 saturated heterocycles. The maximum Gasteiger partial charge on any atom is 0.282 e. The molecule has 3 fully saturated rings. The molecule has 1 aromatic rings. The van der Waals surface area contributed by atoms with Gasteiger partial charge in [-0.05, 0) is 18.9 Å². The number of carbonyl (C=O) groups is 1. The summed E-state index contributed by atoms with van der Waals surface area (Å²) in [7, 11) is -3.48. The summed E-state index contributed by atoms with van der Waals surface area (Å²) in [5.41, 5.74) is 8.69. The molecule has 0 saturated carbocycles. The van der Waals surface area contributed by atoms with Gasteiger partial charge in [0.1, 0.15) is 6.04 Å². The molecular weight excluding hydrogens is 394 g/mol. The second kappa shape index (κ2) is 8.66. The summed E-state index contributed by atoms with van der Waals surface area (Å²) in [6.45, 7) is 5.17. The van der Waals surface area contributed by atoms with Crippen LogP contribution in [0.5, 0.6) is 0 Å². The zero-order valence-electron chi connectivity index (χ0n) is 16.7. The lowest BCUT2D eigenvalue weighted by molar-refractivity contribution is -0.134. The number of morpholine rings is 1. The van der Waals surface area contributed by atoms with Gasteiger partial charge in [-0.2, -0.15) is 17.0 Å². The van der Waals surface area contributed by atoms with Crippen LogP contribution in [-0.2, 0) is 19.7 Å². The summed E-state index contributed by atoms with van der Waals surface area (Å²) in [6.07, 6.45) is 0.675. The molecule has 3 heterocycles. The van der Waals surface area contributed by atoms with Crippen molar-refractivity contribution in [1.29, 1.82) is 0 Å². The molecule has 3 aliphatic rings. The van der Waals surface area contributed by atoms with Crippen LogP contribution >= 0.6 is 0 Å². The molecule has 2 N–H and O–H groups in total. The smallest absolute Gasteiger partial charge is 0.282 e. The van der Waals surface area contributed by atoms with Crippen molar-refractivity contribution in [1.82, 2.24) is 24.4 Å². The summed E-state index contributed by atoms with van der Waals surface area (Å²) < 4.78 is 33.7. The number of hydrazine groups is 1. The lowest BCUT2D eigenvalue weighted by Gasteiger charge is -2.38. The lowest BCUT2D eigenvalue weighted by Crippen LogP contribution is -2.57. The van der Waals surface area contributed by atoms with Crippen molar-refractivity contribution in [3.8, 4) is 0 Å². The largest absolute Gasteiger partial charge is 0.379 e. The van der Waals surface area contributed by atoms with Crippen LogP contribution in [0.25, 0.3) is 0 Å². The Hall–Kier alpha value is -1.56. The minimum absolute atomic E-state index is 0.0236. The highest BCUT2D eigenvalue weighted by molar-refractivity contribution is 7.86. The standard InChI is InChI=1S/C19H29N5O4S/c1-15-2-4-16(5-3-15)17-14-18(21-20-17)19(25)22-6-8-23(9-7-22)29(26,27)24-10-12-28-13-11-24/h2-5,17-18,20-21H,6-14H2,1H3. The molecule has 0 aromatic heterocycles. The molecule has 2 unspecified atom stereocenters. The van der Waals surface area contributed by atoms with Crippen molar-refractivity contribution < 1.29 is 17.9 Å². The van der Waals surface area contributed by atoms with E-state index in [2.05, 4.69) is 42.0 Å². The van der Waals surface area contributed by atoms with E-state index in [1.165, 1.54) is 14.2 Å². The maximum atomic E-state index is 12.9. The third kappa shape index (κ3) is 4.47. The SMILES string of the molecule is Cc1ccc(C2CC(C(=O)N3CCN(S(=O)(=O)N4CCOCC4)CC3)NN2)cc1. The van der Waals surface area contributed by atoms with Crippen LogP contribution < -0.4 is 10.9 Å². The van der Waals surface area contributed by atoms with Crippen molar-refractivity contribution in [2.75, 3.05) is 52.5 Å². The number of nitrogens with zero attached hydrogens (tertiary/aromatic N) is 3. The number of amides is 1. The number of benzene rings is 1. The van der Waals surface area contributed by atoms with Gasteiger partial charge >= 0.3 is 0 Å². The quantitative estimate of drug-likeness (QED) is 0.686. The summed E-state index contributed by atoms with van der Waals surface area (Å²) in [6, 6.07) is 8.09. The van der Waals surface area contributed by atoms with E-state index in [0.29, 0.717) is 58.9 Å². The molecule has 0 radical (unpaired) electrons. The van der Waals surface area contributed by atoms with Gasteiger partial charge in [0.15, 0.2) is 0 Å². The molecule has 9 nitrogen and oxygen atoms in total. The van der Waals surface area contributed by atoms with E-state index in [9.17, 15) is 13.2 Å². The van der Waals surface area contributed by atoms with E-state index in [-0.39, 0.29) is 18.0 Å². The van der Waals surface area contributed by atoms with E-state index >= 15 is 0 Å². The zero-order valence-corrected chi connectivity index (χ0v) is 17.5. The number of hydrogen-bond acceptors (Lipinski definition) is 6. The Morgan fingerprint density at radius 3 is 2.24 bits per heavy atom. The average Bonchev–Trinajstić information content (AvgIpc) is 3.25. The molecule has 0 aliphatic carbocycles. The first-order valence-corrected chi connectivity index (χ1v) is 11.5. The molecule has 1 amide bonds. The first-order valence-electron chi connectivity index (χ1n) is 10.1. The van der Waals surface area contributed by atoms with Crippen LogP contribution in [0, 0.1) is 6.92 Å². The van der Waals surface area contributed by atoms with E-state index in [1.807, 2.05) is 0 Å². The van der Waals surface area contributed by atoms with E-state index < -0.39 is 10.2 Å². The second-order valence-electron chi connectivity index (χ2n) is 7.78. The first kappa shape index (κ1) is 20.7. The number of nitrogens with one attached hydrogen (secondary N) is 2. The molecule has 0 spiro atoms. The number of carbonyl (C=O) groups excluding carboxylic acids is 1. The molecular formula is C19H29N5O4S. The van der Waals surface area contributed by atoms with Gasteiger partial charge in [0.2, 0.25) is 5.91 Å². The summed E-state index contributed by atoms with van der Waals surface area (Å²) in [5, 5.41) is 0. The van der Waals surface area contributed by atoms with Crippen LogP contribution in [-0.4, -0.2) is 86.4 Å². The fourth-order valence-electron chi connectivity index (χ4n) is 4.04. The third-order valence-corrected chi connectivity index (χ3v) is 7.89. The highest BCUT2D eigenvalue weighted by Crippen LogP contribution is 2.24. The van der Waals surface area contributed by atoms with E-state index in [4.69, 9.17) is 4.74 Å². The number of hydrogen-bond donors (Lipinski definition) is 2. The topological polar surface area (TPSA) is 94.2 Å². The number of rotatable bonds is 4. The van der Waals surface area contributed by atoms with Crippen molar-refractivity contribution in [2.45, 2.75) is 25.4 Å². The van der Waals surface area contributed by atoms with Crippen LogP contribution in [0.2, 0.25) is 0 Å². The van der Waals surface area contributed by atoms with Gasteiger partial charge in [-0.3, -0.25) is 4.79 Å². The molecule has 160 valence electrons. The van der Waals surface area contributed by atoms with Crippen molar-refractivity contribution in [2.24, 2.45) is 0 Å². The predicted molar refractivity (Wildman–Crippen MR) is 108 cm³/mol. The number of ether oxygens (including phenoxy) is 1. The predicted octanol–water partition coefficient (Wildman–Crippen LogP) is -0.376. The van der Waals surface area contributed by atoms with Crippen molar-refractivity contribution in [3.63, 3.8) is 0 Å². The molecule has 29 heavy (non-hydrogen) atoms. The summed E-state index contributed by atoms with van der Waals surface area (Å²) in [4.78, 5) is 14.7. The van der Waals surface area contributed by atoms with Gasteiger partial charge in [0.25, 0.3) is 10.2 Å². The van der Waals surface area contributed by atoms with Crippen molar-refractivity contribution >= 4 is 16.1 Å². The van der Waals surface area contributed by atoms with Gasteiger partial charge in [-0.15, -0.1) is 0 Å². The Bertz CT molecular complexity index is 818. The average molecular weight is 424 g/mol. The monoisotopic (exact) mass is 423 g/mol. The second-order valence-corrected chi connectivity index (χ2v) is 9.71. The summed E-state index contributed by atoms with van der Waals surface area (Å²) in [5.74, 6) is 0.0236. The highest BCUT2D eigenvalue weighted by atomic mass is 32.2. The Kier molecular flexibility index (Phi) is 6.19. The highest BCUT2D eigenvalue weighted by Gasteiger charge is 2.37. The van der Waals surface area contributed by atoms with Gasteiger partial charge in [0.05, 0.1) is 13.2 Å². The van der Waals surface area contributed by atoms with Gasteiger partial charge in [-0.25, -0.2) is 10.9 Å². The molecule has 1 aromatic carbocycles. The first-order chi connectivity index (χ1) is 13.9. The molecule has 0 bridgehead atoms. The Morgan fingerprint density at radius 2 is 1.59 bits per heavy atom. The van der Waals surface area contributed by atoms with Crippen LogP contribution in [0.15, 0.2) is 24.3 Å². The molecule has 10 heteroatoms. The molecule has 4 rings (SSSR count). The Morgan fingerprint density at radius 1 is 0.966 bits per heavy atom. The van der Waals surface area contributed by atoms with Gasteiger partial charge < -0.3 is 9.64 Å². The molecule has 2 atom stereocenters. The molecule has 3 aliphatic heterocycles. The minimum atomic E-state index is -3.48. The maximum absolute atomic E-state index is 12.9. The fourth-order valence-corrected chi connectivity index (χ4v) is 5.60. The Balaban J connectivity index is 1.30. The third-order valence-electron chi connectivity index (χ3n) is 5.85. The van der Waals surface area contributed by atoms with Crippen molar-refractivity contribution in [3.05, 3.63) is 35.4 Å². The van der Waals surface area contributed by atoms with Gasteiger partial charge in [0, 0.05) is 45.3 Å². The lowest BCUT2D eigenvalue weighted by atomic mass is 10.0. The van der Waals surface area contributed by atoms with Gasteiger partial charge in [-0.1, -0.05) is 29.8 Å². The number of aryl methyl sites for hydroxylation is 1. The zero-order chi connectivity index (χ0) is 20.4. The van der Waals surface area contributed by atoms with Crippen LogP contribution in [0.4, 0.5) is 0 Å². The van der Waals surface area contributed by atoms with E-state index in [0.717, 1.165) is 5.56 Å². The summed E-state index contributed by atoms with van der Waals surface area (Å²) >= 11 is 0. The normalized spacial score (nSPS) is 27.3. The van der Waals surface area contributed by atoms with Crippen LogP contribution in [0.1, 0.15) is 23.6 Å². The number of piperazine rings is 1.